The molecular formula is C15H20O6. The number of benzene rings is 1. The first-order valence-electron chi connectivity index (χ1n) is 6.78. The van der Waals surface area contributed by atoms with Gasteiger partial charge in [-0.1, -0.05) is 6.07 Å². The van der Waals surface area contributed by atoms with E-state index in [1.54, 1.807) is 13.8 Å². The van der Waals surface area contributed by atoms with Gasteiger partial charge in [0.2, 0.25) is 0 Å². The van der Waals surface area contributed by atoms with E-state index in [0.717, 1.165) is 0 Å². The molecule has 1 aliphatic rings. The highest BCUT2D eigenvalue weighted by molar-refractivity contribution is 5.88. The maximum absolute atomic E-state index is 10.9. The summed E-state index contributed by atoms with van der Waals surface area (Å²) < 4.78 is 5.88. The molecule has 21 heavy (non-hydrogen) atoms. The fraction of sp³-hybridized carbons (Fsp3) is 0.533. The summed E-state index contributed by atoms with van der Waals surface area (Å²) in [5, 5.41) is 38.4. The summed E-state index contributed by atoms with van der Waals surface area (Å²) in [6, 6.07) is 4.08. The largest absolute Gasteiger partial charge is 0.508 e. The number of carboxylic acid groups (broad SMARTS) is 1. The lowest BCUT2D eigenvalue weighted by atomic mass is 9.80. The first-order chi connectivity index (χ1) is 9.72. The third-order valence-corrected chi connectivity index (χ3v) is 4.19. The third kappa shape index (κ3) is 2.74. The minimum atomic E-state index is -1.12. The molecule has 0 radical (unpaired) electrons. The Morgan fingerprint density at radius 3 is 2.62 bits per heavy atom. The maximum atomic E-state index is 10.9. The number of aromatic carboxylic acids is 1. The molecule has 1 aliphatic heterocycles. The lowest BCUT2D eigenvalue weighted by Gasteiger charge is -2.47. The Kier molecular flexibility index (Phi) is 3.97. The van der Waals surface area contributed by atoms with Gasteiger partial charge in [0.15, 0.2) is 0 Å². The minimum Gasteiger partial charge on any atom is -0.508 e. The molecule has 0 bridgehead atoms. The smallest absolute Gasteiger partial charge is 0.335 e. The van der Waals surface area contributed by atoms with Crippen molar-refractivity contribution in [2.75, 3.05) is 6.61 Å². The normalized spacial score (nSPS) is 32.9. The number of aliphatic hydroxyl groups is 2. The van der Waals surface area contributed by atoms with Crippen molar-refractivity contribution in [2.45, 2.75) is 44.0 Å². The Bertz CT molecular complexity index is 557. The highest BCUT2D eigenvalue weighted by atomic mass is 16.5. The van der Waals surface area contributed by atoms with Crippen LogP contribution in [-0.2, 0) is 10.3 Å². The van der Waals surface area contributed by atoms with E-state index in [1.807, 2.05) is 0 Å². The van der Waals surface area contributed by atoms with Gasteiger partial charge in [0.25, 0.3) is 0 Å². The van der Waals surface area contributed by atoms with Crippen LogP contribution in [0.5, 0.6) is 5.75 Å². The molecule has 0 aromatic heterocycles. The van der Waals surface area contributed by atoms with E-state index in [-0.39, 0.29) is 17.9 Å². The number of phenolic OH excluding ortho intramolecular Hbond substituents is 1. The van der Waals surface area contributed by atoms with Gasteiger partial charge in [-0.15, -0.1) is 0 Å². The second kappa shape index (κ2) is 5.29. The van der Waals surface area contributed by atoms with E-state index in [9.17, 15) is 20.1 Å². The molecule has 0 saturated carbocycles. The molecule has 1 aromatic rings. The van der Waals surface area contributed by atoms with E-state index >= 15 is 0 Å². The number of phenols is 1. The monoisotopic (exact) mass is 296 g/mol. The number of hydrogen-bond acceptors (Lipinski definition) is 5. The fourth-order valence-corrected chi connectivity index (χ4v) is 2.79. The topological polar surface area (TPSA) is 107 Å². The average molecular weight is 296 g/mol. The second-order valence-corrected chi connectivity index (χ2v) is 5.90. The lowest BCUT2D eigenvalue weighted by Crippen LogP contribution is -2.54. The molecule has 1 aromatic carbocycles. The van der Waals surface area contributed by atoms with Gasteiger partial charge < -0.3 is 25.2 Å². The van der Waals surface area contributed by atoms with E-state index in [2.05, 4.69) is 0 Å². The van der Waals surface area contributed by atoms with Crippen molar-refractivity contribution in [2.24, 2.45) is 0 Å². The van der Waals surface area contributed by atoms with Gasteiger partial charge in [0.05, 0.1) is 23.9 Å². The van der Waals surface area contributed by atoms with E-state index in [4.69, 9.17) is 9.84 Å². The van der Waals surface area contributed by atoms with Crippen molar-refractivity contribution in [1.82, 2.24) is 0 Å². The SMILES string of the molecule is C[C@]1(c2ccc(C(=O)O)cc2O)CC[C@H](O)[C@](C)(CO)O1. The van der Waals surface area contributed by atoms with Crippen LogP contribution in [-0.4, -0.2) is 44.7 Å². The van der Waals surface area contributed by atoms with Crippen LogP contribution in [0.1, 0.15) is 42.6 Å². The number of hydrogen-bond donors (Lipinski definition) is 4. The molecule has 1 heterocycles. The van der Waals surface area contributed by atoms with Crippen molar-refractivity contribution in [3.8, 4) is 5.75 Å². The van der Waals surface area contributed by atoms with E-state index < -0.39 is 23.3 Å². The quantitative estimate of drug-likeness (QED) is 0.668. The summed E-state index contributed by atoms with van der Waals surface area (Å²) in [7, 11) is 0. The predicted molar refractivity (Wildman–Crippen MR) is 74.2 cm³/mol. The highest BCUT2D eigenvalue weighted by Crippen LogP contribution is 2.44. The Hall–Kier alpha value is -1.63. The van der Waals surface area contributed by atoms with Gasteiger partial charge in [-0.25, -0.2) is 4.79 Å². The Morgan fingerprint density at radius 1 is 1.43 bits per heavy atom. The van der Waals surface area contributed by atoms with E-state index in [1.165, 1.54) is 18.2 Å². The van der Waals surface area contributed by atoms with Crippen molar-refractivity contribution in [3.05, 3.63) is 29.3 Å². The summed E-state index contributed by atoms with van der Waals surface area (Å²) in [5.74, 6) is -1.30. The molecule has 1 saturated heterocycles. The molecule has 6 heteroatoms. The molecule has 2 rings (SSSR count). The highest BCUT2D eigenvalue weighted by Gasteiger charge is 2.47. The summed E-state index contributed by atoms with van der Waals surface area (Å²) in [4.78, 5) is 10.9. The van der Waals surface area contributed by atoms with E-state index in [0.29, 0.717) is 18.4 Å². The van der Waals surface area contributed by atoms with Gasteiger partial charge in [-0.05, 0) is 38.8 Å². The zero-order chi connectivity index (χ0) is 15.8. The van der Waals surface area contributed by atoms with Crippen molar-refractivity contribution >= 4 is 5.97 Å². The first kappa shape index (κ1) is 15.8. The maximum Gasteiger partial charge on any atom is 0.335 e. The molecule has 0 aliphatic carbocycles. The van der Waals surface area contributed by atoms with Gasteiger partial charge >= 0.3 is 5.97 Å². The van der Waals surface area contributed by atoms with Crippen molar-refractivity contribution in [3.63, 3.8) is 0 Å². The Balaban J connectivity index is 2.38. The number of aliphatic hydroxyl groups excluding tert-OH is 2. The summed E-state index contributed by atoms with van der Waals surface area (Å²) in [6.45, 7) is 3.01. The number of rotatable bonds is 3. The van der Waals surface area contributed by atoms with Crippen LogP contribution in [0.3, 0.4) is 0 Å². The molecule has 1 fully saturated rings. The number of carboxylic acids is 1. The summed E-state index contributed by atoms with van der Waals surface area (Å²) in [5.41, 5.74) is -1.59. The lowest BCUT2D eigenvalue weighted by molar-refractivity contribution is -0.240. The van der Waals surface area contributed by atoms with Gasteiger partial charge in [0, 0.05) is 5.56 Å². The standard InChI is InChI=1S/C15H20O6/c1-14(6-5-12(18)15(2,8-16)21-14)10-4-3-9(13(19)20)7-11(10)17/h3-4,7,12,16-18H,5-6,8H2,1-2H3,(H,19,20)/t12-,14+,15-/m0/s1. The van der Waals surface area contributed by atoms with Gasteiger partial charge in [0.1, 0.15) is 11.4 Å². The number of carbonyl (C=O) groups is 1. The van der Waals surface area contributed by atoms with Crippen LogP contribution in [0.4, 0.5) is 0 Å². The van der Waals surface area contributed by atoms with Gasteiger partial charge in [-0.2, -0.15) is 0 Å². The number of ether oxygens (including phenoxy) is 1. The fourth-order valence-electron chi connectivity index (χ4n) is 2.79. The molecule has 0 spiro atoms. The van der Waals surface area contributed by atoms with Crippen LogP contribution in [0.15, 0.2) is 18.2 Å². The molecule has 4 N–H and O–H groups in total. The molecule has 6 nitrogen and oxygen atoms in total. The average Bonchev–Trinajstić information content (AvgIpc) is 2.43. The zero-order valence-corrected chi connectivity index (χ0v) is 12.0. The molecule has 3 atom stereocenters. The van der Waals surface area contributed by atoms with Crippen LogP contribution in [0.2, 0.25) is 0 Å². The van der Waals surface area contributed by atoms with Crippen LogP contribution in [0.25, 0.3) is 0 Å². The molecular weight excluding hydrogens is 276 g/mol. The molecule has 0 unspecified atom stereocenters. The predicted octanol–water partition coefficient (Wildman–Crippen LogP) is 1.23. The third-order valence-electron chi connectivity index (χ3n) is 4.19. The van der Waals surface area contributed by atoms with Crippen molar-refractivity contribution in [1.29, 1.82) is 0 Å². The van der Waals surface area contributed by atoms with Gasteiger partial charge in [-0.3, -0.25) is 0 Å². The molecule has 0 amide bonds. The first-order valence-corrected chi connectivity index (χ1v) is 6.78. The zero-order valence-electron chi connectivity index (χ0n) is 12.0. The van der Waals surface area contributed by atoms with Crippen LogP contribution >= 0.6 is 0 Å². The minimum absolute atomic E-state index is 0.0133. The number of aromatic hydroxyl groups is 1. The Morgan fingerprint density at radius 2 is 2.10 bits per heavy atom. The van der Waals surface area contributed by atoms with Crippen LogP contribution < -0.4 is 0 Å². The van der Waals surface area contributed by atoms with Crippen molar-refractivity contribution < 1.29 is 30.0 Å². The Labute approximate surface area is 122 Å². The molecule has 116 valence electrons. The second-order valence-electron chi connectivity index (χ2n) is 5.90. The summed E-state index contributed by atoms with van der Waals surface area (Å²) in [6.07, 6.45) is 0.0632. The van der Waals surface area contributed by atoms with Crippen LogP contribution in [0, 0.1) is 0 Å². The summed E-state index contributed by atoms with van der Waals surface area (Å²) >= 11 is 0.